The second-order valence-corrected chi connectivity index (χ2v) is 9.11. The van der Waals surface area contributed by atoms with Crippen molar-refractivity contribution >= 4 is 50.1 Å². The molecule has 0 aliphatic carbocycles. The van der Waals surface area contributed by atoms with Crippen LogP contribution in [0, 0.1) is 0 Å². The molecule has 1 N–H and O–H groups in total. The van der Waals surface area contributed by atoms with Gasteiger partial charge in [0.05, 0.1) is 11.4 Å². The van der Waals surface area contributed by atoms with Gasteiger partial charge in [-0.15, -0.1) is 4.40 Å². The van der Waals surface area contributed by atoms with Gasteiger partial charge in [-0.2, -0.15) is 8.42 Å². The van der Waals surface area contributed by atoms with Gasteiger partial charge in [-0.3, -0.25) is 4.79 Å². The highest BCUT2D eigenvalue weighted by atomic mass is 35.5. The Morgan fingerprint density at radius 2 is 1.89 bits per heavy atom. The summed E-state index contributed by atoms with van der Waals surface area (Å²) in [6, 6.07) is 14.0. The van der Waals surface area contributed by atoms with Crippen LogP contribution in [0.15, 0.2) is 57.8 Å². The average Bonchev–Trinajstić information content (AvgIpc) is 2.68. The number of carbonyl (C=O) groups excluding carboxylic acids is 1. The zero-order chi connectivity index (χ0) is 20.1. The van der Waals surface area contributed by atoms with Crippen LogP contribution in [0.5, 0.6) is 0 Å². The number of benzene rings is 2. The van der Waals surface area contributed by atoms with Crippen LogP contribution in [0.25, 0.3) is 0 Å². The number of para-hydroxylation sites is 1. The third-order valence-corrected chi connectivity index (χ3v) is 6.70. The van der Waals surface area contributed by atoms with Crippen molar-refractivity contribution in [3.05, 3.63) is 59.1 Å². The summed E-state index contributed by atoms with van der Waals surface area (Å²) in [6.07, 6.45) is 0.816. The zero-order valence-electron chi connectivity index (χ0n) is 15.3. The van der Waals surface area contributed by atoms with Crippen LogP contribution in [0.3, 0.4) is 0 Å². The van der Waals surface area contributed by atoms with Crippen molar-refractivity contribution in [2.24, 2.45) is 4.40 Å². The highest BCUT2D eigenvalue weighted by Gasteiger charge is 2.30. The van der Waals surface area contributed by atoms with Crippen molar-refractivity contribution in [2.75, 3.05) is 17.2 Å². The molecule has 6 nitrogen and oxygen atoms in total. The number of nitrogens with one attached hydrogen (secondary N) is 1. The number of rotatable bonds is 6. The van der Waals surface area contributed by atoms with Gasteiger partial charge >= 0.3 is 0 Å². The van der Waals surface area contributed by atoms with E-state index in [9.17, 15) is 13.2 Å². The quantitative estimate of drug-likeness (QED) is 0.745. The topological polar surface area (TPSA) is 78.8 Å². The van der Waals surface area contributed by atoms with E-state index in [4.69, 9.17) is 11.6 Å². The molecule has 9 heteroatoms. The summed E-state index contributed by atoms with van der Waals surface area (Å²) in [5.41, 5.74) is 1.53. The van der Waals surface area contributed by atoms with E-state index >= 15 is 0 Å². The second-order valence-electron chi connectivity index (χ2n) is 6.16. The summed E-state index contributed by atoms with van der Waals surface area (Å²) in [5.74, 6) is -0.125. The zero-order valence-corrected chi connectivity index (χ0v) is 17.6. The van der Waals surface area contributed by atoms with Gasteiger partial charge in [0.1, 0.15) is 4.90 Å². The smallest absolute Gasteiger partial charge is 0.286 e. The Kier molecular flexibility index (Phi) is 6.64. The monoisotopic (exact) mass is 437 g/mol. The maximum atomic E-state index is 12.5. The lowest BCUT2D eigenvalue weighted by Crippen LogP contribution is -2.36. The predicted octanol–water partition coefficient (Wildman–Crippen LogP) is 3.66. The molecule has 0 fully saturated rings. The number of anilines is 1. The maximum absolute atomic E-state index is 12.5. The Bertz CT molecular complexity index is 992. The van der Waals surface area contributed by atoms with Crippen LogP contribution < -0.4 is 10.2 Å². The Balaban J connectivity index is 1.67. The number of hydrogen-bond donors (Lipinski definition) is 1. The normalized spacial score (nSPS) is 14.9. The van der Waals surface area contributed by atoms with E-state index in [2.05, 4.69) is 9.71 Å². The second kappa shape index (κ2) is 8.98. The summed E-state index contributed by atoms with van der Waals surface area (Å²) in [5, 5.41) is 3.78. The number of carbonyl (C=O) groups is 1. The minimum Gasteiger partial charge on any atom is -0.351 e. The van der Waals surface area contributed by atoms with E-state index < -0.39 is 10.0 Å². The molecule has 0 aromatic heterocycles. The highest BCUT2D eigenvalue weighted by molar-refractivity contribution is 8.15. The van der Waals surface area contributed by atoms with Crippen molar-refractivity contribution in [3.8, 4) is 0 Å². The molecule has 148 valence electrons. The number of sulfonamides is 1. The highest BCUT2D eigenvalue weighted by Crippen LogP contribution is 2.34. The molecular weight excluding hydrogens is 418 g/mol. The van der Waals surface area contributed by atoms with Crippen molar-refractivity contribution in [3.63, 3.8) is 0 Å². The number of amides is 1. The van der Waals surface area contributed by atoms with E-state index in [1.165, 1.54) is 0 Å². The number of nitrogens with zero attached hydrogens (tertiary/aromatic N) is 2. The number of thioether (sulfide) groups is 1. The molecule has 2 aromatic carbocycles. The van der Waals surface area contributed by atoms with Crippen LogP contribution in [-0.2, 0) is 21.4 Å². The summed E-state index contributed by atoms with van der Waals surface area (Å²) >= 11 is 6.97. The maximum Gasteiger partial charge on any atom is 0.286 e. The summed E-state index contributed by atoms with van der Waals surface area (Å²) in [4.78, 5) is 14.3. The molecule has 0 atom stereocenters. The lowest BCUT2D eigenvalue weighted by atomic mass is 10.2. The van der Waals surface area contributed by atoms with Gasteiger partial charge in [-0.25, -0.2) is 0 Å². The number of amidine groups is 1. The average molecular weight is 438 g/mol. The fraction of sp³-hybridized carbons (Fsp3) is 0.263. The molecule has 1 aliphatic rings. The first-order chi connectivity index (χ1) is 13.4. The van der Waals surface area contributed by atoms with E-state index in [1.54, 1.807) is 36.4 Å². The predicted molar refractivity (Wildman–Crippen MR) is 114 cm³/mol. The number of halogens is 1. The van der Waals surface area contributed by atoms with Crippen LogP contribution in [-0.4, -0.2) is 31.8 Å². The first-order valence-electron chi connectivity index (χ1n) is 8.76. The van der Waals surface area contributed by atoms with Crippen LogP contribution in [0.2, 0.25) is 5.02 Å². The molecule has 0 radical (unpaired) electrons. The standard InChI is InChI=1S/C19H20ClN3O3S2/c1-2-11-23-16-5-3-4-6-17(16)28(25,26)22-19(23)27-13-18(24)21-12-14-7-9-15(20)10-8-14/h3-10H,2,11-13H2,1H3,(H,21,24). The van der Waals surface area contributed by atoms with Gasteiger partial charge in [-0.05, 0) is 36.2 Å². The van der Waals surface area contributed by atoms with Crippen LogP contribution in [0.4, 0.5) is 5.69 Å². The number of hydrogen-bond acceptors (Lipinski definition) is 5. The van der Waals surface area contributed by atoms with Gasteiger partial charge in [-0.1, -0.05) is 54.6 Å². The van der Waals surface area contributed by atoms with Gasteiger partial charge in [0.25, 0.3) is 10.0 Å². The summed E-state index contributed by atoms with van der Waals surface area (Å²) < 4.78 is 28.9. The van der Waals surface area contributed by atoms with E-state index in [-0.39, 0.29) is 16.6 Å². The van der Waals surface area contributed by atoms with Crippen LogP contribution in [0.1, 0.15) is 18.9 Å². The minimum absolute atomic E-state index is 0.0737. The van der Waals surface area contributed by atoms with Crippen molar-refractivity contribution in [1.82, 2.24) is 5.32 Å². The molecule has 28 heavy (non-hydrogen) atoms. The molecule has 0 bridgehead atoms. The van der Waals surface area contributed by atoms with Gasteiger partial charge in [0, 0.05) is 18.1 Å². The van der Waals surface area contributed by atoms with Gasteiger partial charge < -0.3 is 10.2 Å². The van der Waals surface area contributed by atoms with E-state index in [1.807, 2.05) is 24.0 Å². The molecule has 1 heterocycles. The fourth-order valence-corrected chi connectivity index (χ4v) is 5.17. The van der Waals surface area contributed by atoms with Crippen LogP contribution >= 0.6 is 23.4 Å². The van der Waals surface area contributed by atoms with Gasteiger partial charge in [0.2, 0.25) is 5.91 Å². The Morgan fingerprint density at radius 3 is 2.61 bits per heavy atom. The van der Waals surface area contributed by atoms with E-state index in [0.29, 0.717) is 29.0 Å². The minimum atomic E-state index is -3.77. The molecule has 0 spiro atoms. The van der Waals surface area contributed by atoms with Gasteiger partial charge in [0.15, 0.2) is 5.17 Å². The molecule has 1 amide bonds. The molecule has 0 saturated heterocycles. The van der Waals surface area contributed by atoms with E-state index in [0.717, 1.165) is 23.7 Å². The van der Waals surface area contributed by atoms with Crippen molar-refractivity contribution < 1.29 is 13.2 Å². The summed E-state index contributed by atoms with van der Waals surface area (Å²) in [7, 11) is -3.77. The third-order valence-electron chi connectivity index (χ3n) is 4.05. The largest absolute Gasteiger partial charge is 0.351 e. The molecule has 0 saturated carbocycles. The molecule has 3 rings (SSSR count). The molecular formula is C19H20ClN3O3S2. The van der Waals surface area contributed by atoms with Crippen molar-refractivity contribution in [2.45, 2.75) is 24.8 Å². The first kappa shape index (κ1) is 20.7. The lowest BCUT2D eigenvalue weighted by molar-refractivity contribution is -0.118. The van der Waals surface area contributed by atoms with Crippen molar-refractivity contribution in [1.29, 1.82) is 0 Å². The Labute approximate surface area is 174 Å². The fourth-order valence-electron chi connectivity index (χ4n) is 2.73. The number of fused-ring (bicyclic) bond motifs is 1. The molecule has 1 aliphatic heterocycles. The Hall–Kier alpha value is -2.03. The Morgan fingerprint density at radius 1 is 1.18 bits per heavy atom. The SMILES string of the molecule is CCCN1C(SCC(=O)NCc2ccc(Cl)cc2)=NS(=O)(=O)c2ccccc21. The lowest BCUT2D eigenvalue weighted by Gasteiger charge is -2.29. The third kappa shape index (κ3) is 4.87. The first-order valence-corrected chi connectivity index (χ1v) is 11.6. The summed E-state index contributed by atoms with van der Waals surface area (Å²) in [6.45, 7) is 3.00. The molecule has 0 unspecified atom stereocenters. The molecule has 2 aromatic rings.